The fourth-order valence-corrected chi connectivity index (χ4v) is 3.76. The molecular formula is C12H22F2N2OS. The zero-order valence-electron chi connectivity index (χ0n) is 11.1. The molecular weight excluding hydrogens is 258 g/mol. The molecule has 2 saturated heterocycles. The summed E-state index contributed by atoms with van der Waals surface area (Å²) in [6.07, 6.45) is 0.145. The Morgan fingerprint density at radius 2 is 1.78 bits per heavy atom. The molecule has 3 nitrogen and oxygen atoms in total. The van der Waals surface area contributed by atoms with Crippen molar-refractivity contribution < 1.29 is 13.3 Å². The molecule has 2 bridgehead atoms. The van der Waals surface area contributed by atoms with E-state index in [1.807, 2.05) is 0 Å². The van der Waals surface area contributed by atoms with Crippen LogP contribution in [0.4, 0.5) is 8.78 Å². The van der Waals surface area contributed by atoms with Crippen LogP contribution in [0, 0.1) is 0 Å². The van der Waals surface area contributed by atoms with Crippen LogP contribution in [-0.2, 0) is 11.4 Å². The topological polar surface area (TPSA) is 47.1 Å². The SMILES string of the molecule is CC(C)(C)[S+]([O-])N[C@@]1(C(F)F)C[C@H]2CC[C@@H](C1)N2. The number of fused-ring (bicyclic) bond motifs is 2. The molecule has 2 aliphatic rings. The van der Waals surface area contributed by atoms with E-state index < -0.39 is 28.1 Å². The van der Waals surface area contributed by atoms with Crippen molar-refractivity contribution in [2.45, 2.75) is 75.2 Å². The van der Waals surface area contributed by atoms with Crippen molar-refractivity contribution in [3.63, 3.8) is 0 Å². The molecule has 2 rings (SSSR count). The van der Waals surface area contributed by atoms with Gasteiger partial charge in [-0.2, -0.15) is 0 Å². The maximum Gasteiger partial charge on any atom is 0.260 e. The first-order valence-corrected chi connectivity index (χ1v) is 7.62. The summed E-state index contributed by atoms with van der Waals surface area (Å²) in [4.78, 5) is 0. The number of alkyl halides is 2. The van der Waals surface area contributed by atoms with Gasteiger partial charge < -0.3 is 9.87 Å². The molecule has 0 radical (unpaired) electrons. The van der Waals surface area contributed by atoms with E-state index >= 15 is 0 Å². The highest BCUT2D eigenvalue weighted by Gasteiger charge is 2.53. The lowest BCUT2D eigenvalue weighted by Crippen LogP contribution is -2.63. The fraction of sp³-hybridized carbons (Fsp3) is 1.00. The second-order valence-corrected chi connectivity index (χ2v) is 8.45. The van der Waals surface area contributed by atoms with Gasteiger partial charge in [-0.05, 0) is 46.5 Å². The highest BCUT2D eigenvalue weighted by atomic mass is 32.2. The Morgan fingerprint density at radius 1 is 1.28 bits per heavy atom. The Hall–Kier alpha value is 0.0900. The first kappa shape index (κ1) is 14.5. The van der Waals surface area contributed by atoms with Gasteiger partial charge in [0.15, 0.2) is 0 Å². The van der Waals surface area contributed by atoms with Gasteiger partial charge in [-0.1, -0.05) is 0 Å². The molecule has 0 amide bonds. The van der Waals surface area contributed by atoms with Gasteiger partial charge >= 0.3 is 0 Å². The van der Waals surface area contributed by atoms with Crippen molar-refractivity contribution >= 4 is 11.4 Å². The van der Waals surface area contributed by atoms with E-state index in [0.717, 1.165) is 12.8 Å². The number of hydrogen-bond donors (Lipinski definition) is 2. The normalized spacial score (nSPS) is 38.2. The van der Waals surface area contributed by atoms with Crippen LogP contribution in [0.5, 0.6) is 0 Å². The molecule has 0 aromatic carbocycles. The van der Waals surface area contributed by atoms with Crippen molar-refractivity contribution in [3.05, 3.63) is 0 Å². The number of halogens is 2. The predicted octanol–water partition coefficient (Wildman–Crippen LogP) is 1.96. The van der Waals surface area contributed by atoms with Crippen LogP contribution < -0.4 is 10.0 Å². The Balaban J connectivity index is 2.13. The molecule has 0 saturated carbocycles. The average Bonchev–Trinajstić information content (AvgIpc) is 2.57. The van der Waals surface area contributed by atoms with Crippen LogP contribution in [0.3, 0.4) is 0 Å². The predicted molar refractivity (Wildman–Crippen MR) is 68.9 cm³/mol. The van der Waals surface area contributed by atoms with Crippen LogP contribution >= 0.6 is 0 Å². The monoisotopic (exact) mass is 280 g/mol. The maximum atomic E-state index is 13.5. The van der Waals surface area contributed by atoms with Gasteiger partial charge in [0.05, 0.1) is 0 Å². The third-order valence-corrected chi connectivity index (χ3v) is 5.53. The van der Waals surface area contributed by atoms with Crippen LogP contribution in [0.15, 0.2) is 0 Å². The lowest BCUT2D eigenvalue weighted by molar-refractivity contribution is 0.0131. The summed E-state index contributed by atoms with van der Waals surface area (Å²) >= 11 is -1.45. The molecule has 2 fully saturated rings. The van der Waals surface area contributed by atoms with Gasteiger partial charge in [0, 0.05) is 23.4 Å². The minimum absolute atomic E-state index is 0.141. The summed E-state index contributed by atoms with van der Waals surface area (Å²) in [6, 6.07) is 0.282. The summed E-state index contributed by atoms with van der Waals surface area (Å²) in [5.41, 5.74) is -1.28. The highest BCUT2D eigenvalue weighted by Crippen LogP contribution is 2.39. The number of hydrogen-bond acceptors (Lipinski definition) is 3. The average molecular weight is 280 g/mol. The largest absolute Gasteiger partial charge is 0.598 e. The van der Waals surface area contributed by atoms with Crippen LogP contribution in [0.25, 0.3) is 0 Å². The molecule has 2 N–H and O–H groups in total. The van der Waals surface area contributed by atoms with E-state index in [1.54, 1.807) is 20.8 Å². The molecule has 18 heavy (non-hydrogen) atoms. The summed E-state index contributed by atoms with van der Waals surface area (Å²) < 4.78 is 41.3. The summed E-state index contributed by atoms with van der Waals surface area (Å²) in [7, 11) is 0. The van der Waals surface area contributed by atoms with Crippen LogP contribution in [-0.4, -0.2) is 33.3 Å². The Morgan fingerprint density at radius 3 is 2.17 bits per heavy atom. The quantitative estimate of drug-likeness (QED) is 0.777. The van der Waals surface area contributed by atoms with Gasteiger partial charge in [0.1, 0.15) is 10.3 Å². The molecule has 6 heteroatoms. The van der Waals surface area contributed by atoms with E-state index in [1.165, 1.54) is 0 Å². The summed E-state index contributed by atoms with van der Waals surface area (Å²) in [6.45, 7) is 5.39. The van der Waals surface area contributed by atoms with E-state index in [9.17, 15) is 13.3 Å². The lowest BCUT2D eigenvalue weighted by Gasteiger charge is -2.42. The number of rotatable bonds is 3. The molecule has 1 unspecified atom stereocenters. The van der Waals surface area contributed by atoms with E-state index in [2.05, 4.69) is 10.0 Å². The van der Waals surface area contributed by atoms with E-state index in [-0.39, 0.29) is 12.1 Å². The first-order valence-electron chi connectivity index (χ1n) is 6.47. The minimum atomic E-state index is -2.48. The van der Waals surface area contributed by atoms with Gasteiger partial charge in [0.2, 0.25) is 0 Å². The van der Waals surface area contributed by atoms with Crippen molar-refractivity contribution in [2.24, 2.45) is 0 Å². The van der Waals surface area contributed by atoms with Crippen molar-refractivity contribution in [3.8, 4) is 0 Å². The molecule has 2 heterocycles. The van der Waals surface area contributed by atoms with Gasteiger partial charge in [-0.25, -0.2) is 8.78 Å². The third-order valence-electron chi connectivity index (χ3n) is 3.83. The second-order valence-electron chi connectivity index (χ2n) is 6.49. The van der Waals surface area contributed by atoms with Crippen molar-refractivity contribution in [2.75, 3.05) is 0 Å². The molecule has 0 aromatic rings. The molecule has 0 aliphatic carbocycles. The minimum Gasteiger partial charge on any atom is -0.598 e. The standard InChI is InChI=1S/C12H22F2N2OS/c1-11(2,3)18(17)16-12(10(13)14)6-8-4-5-9(7-12)15-8/h8-10,15-16H,4-7H2,1-3H3/t8-,9+,12+,18?. The molecule has 106 valence electrons. The van der Waals surface area contributed by atoms with Crippen LogP contribution in [0.1, 0.15) is 46.5 Å². The third kappa shape index (κ3) is 2.81. The molecule has 4 atom stereocenters. The Labute approximate surface area is 110 Å². The number of piperidine rings is 1. The van der Waals surface area contributed by atoms with Crippen molar-refractivity contribution in [1.29, 1.82) is 0 Å². The Bertz CT molecular complexity index is 297. The molecule has 0 aromatic heterocycles. The van der Waals surface area contributed by atoms with Gasteiger partial charge in [-0.3, -0.25) is 0 Å². The molecule has 2 aliphatic heterocycles. The molecule has 0 spiro atoms. The maximum absolute atomic E-state index is 13.5. The van der Waals surface area contributed by atoms with Gasteiger partial charge in [-0.15, -0.1) is 4.72 Å². The lowest BCUT2D eigenvalue weighted by atomic mass is 9.85. The number of nitrogens with one attached hydrogen (secondary N) is 2. The summed E-state index contributed by atoms with van der Waals surface area (Å²) in [5, 5.41) is 3.34. The van der Waals surface area contributed by atoms with E-state index in [4.69, 9.17) is 0 Å². The zero-order valence-corrected chi connectivity index (χ0v) is 11.9. The van der Waals surface area contributed by atoms with Crippen LogP contribution in [0.2, 0.25) is 0 Å². The zero-order chi connectivity index (χ0) is 13.6. The highest BCUT2D eigenvalue weighted by molar-refractivity contribution is 7.90. The van der Waals surface area contributed by atoms with Crippen molar-refractivity contribution in [1.82, 2.24) is 10.0 Å². The van der Waals surface area contributed by atoms with E-state index in [0.29, 0.717) is 12.8 Å². The Kier molecular flexibility index (Phi) is 3.94. The smallest absolute Gasteiger partial charge is 0.260 e. The summed E-state index contributed by atoms with van der Waals surface area (Å²) in [5.74, 6) is 0. The first-order chi connectivity index (χ1) is 8.23. The fourth-order valence-electron chi connectivity index (χ4n) is 2.83. The van der Waals surface area contributed by atoms with Gasteiger partial charge in [0.25, 0.3) is 6.43 Å². The second kappa shape index (κ2) is 4.89.